The molecule has 1 heterocycles. The van der Waals surface area contributed by atoms with Crippen LogP contribution in [0.25, 0.3) is 6.08 Å². The molecule has 1 aliphatic heterocycles. The molecule has 27 heavy (non-hydrogen) atoms. The summed E-state index contributed by atoms with van der Waals surface area (Å²) in [6.07, 6.45) is 1.75. The van der Waals surface area contributed by atoms with Crippen molar-refractivity contribution in [3.05, 3.63) is 61.0 Å². The Bertz CT molecular complexity index is 929. The average molecular weight is 515 g/mol. The first-order valence-electron chi connectivity index (χ1n) is 8.08. The number of carbonyl (C=O) groups excluding carboxylic acids is 1. The van der Waals surface area contributed by atoms with Gasteiger partial charge in [-0.05, 0) is 82.7 Å². The lowest BCUT2D eigenvalue weighted by Gasteiger charge is -2.15. The predicted octanol–water partition coefficient (Wildman–Crippen LogP) is 4.85. The molecule has 0 saturated heterocycles. The largest absolute Gasteiger partial charge is 0.490 e. The van der Waals surface area contributed by atoms with Gasteiger partial charge in [0, 0.05) is 5.02 Å². The van der Waals surface area contributed by atoms with Crippen LogP contribution in [0.2, 0.25) is 5.02 Å². The molecule has 0 unspecified atom stereocenters. The number of halogens is 2. The van der Waals surface area contributed by atoms with Crippen molar-refractivity contribution in [1.29, 1.82) is 0 Å². The summed E-state index contributed by atoms with van der Waals surface area (Å²) in [5, 5.41) is 0.943. The van der Waals surface area contributed by atoms with E-state index >= 15 is 0 Å². The van der Waals surface area contributed by atoms with Crippen molar-refractivity contribution in [2.24, 2.45) is 10.7 Å². The molecule has 0 radical (unpaired) electrons. The van der Waals surface area contributed by atoms with Crippen LogP contribution >= 0.6 is 46.0 Å². The minimum atomic E-state index is -0.325. The normalized spacial score (nSPS) is 15.1. The second kappa shape index (κ2) is 8.99. The second-order valence-corrected chi connectivity index (χ2v) is 8.20. The molecule has 0 aliphatic carbocycles. The summed E-state index contributed by atoms with van der Waals surface area (Å²) < 4.78 is 12.6. The van der Waals surface area contributed by atoms with Crippen LogP contribution in [0.1, 0.15) is 18.1 Å². The molecule has 1 aliphatic rings. The van der Waals surface area contributed by atoms with Crippen LogP contribution in [0.3, 0.4) is 0 Å². The Morgan fingerprint density at radius 3 is 2.63 bits per heavy atom. The van der Waals surface area contributed by atoms with Crippen molar-refractivity contribution in [2.75, 3.05) is 6.61 Å². The summed E-state index contributed by atoms with van der Waals surface area (Å²) in [4.78, 5) is 16.0. The van der Waals surface area contributed by atoms with E-state index in [0.717, 1.165) is 26.5 Å². The zero-order chi connectivity index (χ0) is 19.4. The summed E-state index contributed by atoms with van der Waals surface area (Å²) >= 11 is 9.27. The number of nitrogens with two attached hydrogens (primary N) is 1. The summed E-state index contributed by atoms with van der Waals surface area (Å²) in [5.41, 5.74) is 7.43. The SMILES string of the molecule is CCOc1cc(C=C2SC(N)=NC2=O)cc(I)c1OCc1ccc(Cl)cc1. The van der Waals surface area contributed by atoms with Crippen LogP contribution in [-0.2, 0) is 11.4 Å². The third-order valence-corrected chi connectivity index (χ3v) is 5.43. The molecular formula is C19H16ClIN2O3S. The second-order valence-electron chi connectivity index (χ2n) is 5.54. The first-order chi connectivity index (χ1) is 13.0. The van der Waals surface area contributed by atoms with Crippen LogP contribution in [-0.4, -0.2) is 17.7 Å². The molecule has 8 heteroatoms. The Kier molecular flexibility index (Phi) is 6.67. The first-order valence-corrected chi connectivity index (χ1v) is 10.3. The number of hydrogen-bond donors (Lipinski definition) is 1. The molecule has 140 valence electrons. The number of ether oxygens (including phenoxy) is 2. The molecule has 0 atom stereocenters. The van der Waals surface area contributed by atoms with E-state index < -0.39 is 0 Å². The van der Waals surface area contributed by atoms with Crippen LogP contribution in [0.15, 0.2) is 46.3 Å². The van der Waals surface area contributed by atoms with Crippen LogP contribution in [0.4, 0.5) is 0 Å². The molecule has 2 N–H and O–H groups in total. The van der Waals surface area contributed by atoms with Gasteiger partial charge < -0.3 is 15.2 Å². The number of nitrogens with zero attached hydrogens (tertiary/aromatic N) is 1. The monoisotopic (exact) mass is 514 g/mol. The van der Waals surface area contributed by atoms with Crippen LogP contribution < -0.4 is 15.2 Å². The standard InChI is InChI=1S/C19H16ClIN2O3S/c1-2-25-15-8-12(9-16-18(24)23-19(22)27-16)7-14(21)17(15)26-10-11-3-5-13(20)6-4-11/h3-9H,2,10H2,1H3,(H2,22,23,24). The lowest BCUT2D eigenvalue weighted by Crippen LogP contribution is -2.02. The van der Waals surface area contributed by atoms with Crippen molar-refractivity contribution < 1.29 is 14.3 Å². The number of thioether (sulfide) groups is 1. The molecule has 0 aromatic heterocycles. The van der Waals surface area contributed by atoms with E-state index in [1.807, 2.05) is 43.3 Å². The number of aliphatic imine (C=N–C) groups is 1. The highest BCUT2D eigenvalue weighted by molar-refractivity contribution is 14.1. The van der Waals surface area contributed by atoms with Gasteiger partial charge in [-0.3, -0.25) is 4.79 Å². The summed E-state index contributed by atoms with van der Waals surface area (Å²) in [6.45, 7) is 2.80. The van der Waals surface area contributed by atoms with E-state index in [1.54, 1.807) is 6.08 Å². The van der Waals surface area contributed by atoms with Gasteiger partial charge in [0.05, 0.1) is 15.1 Å². The quantitative estimate of drug-likeness (QED) is 0.441. The van der Waals surface area contributed by atoms with Crippen LogP contribution in [0, 0.1) is 3.57 Å². The molecule has 0 bridgehead atoms. The van der Waals surface area contributed by atoms with Crippen molar-refractivity contribution in [1.82, 2.24) is 0 Å². The Morgan fingerprint density at radius 1 is 1.26 bits per heavy atom. The van der Waals surface area contributed by atoms with Crippen LogP contribution in [0.5, 0.6) is 11.5 Å². The maximum atomic E-state index is 11.8. The molecule has 0 fully saturated rings. The third kappa shape index (κ3) is 5.18. The zero-order valence-electron chi connectivity index (χ0n) is 14.4. The van der Waals surface area contributed by atoms with Crippen molar-refractivity contribution in [3.63, 3.8) is 0 Å². The third-order valence-electron chi connectivity index (χ3n) is 3.56. The van der Waals surface area contributed by atoms with Gasteiger partial charge in [-0.1, -0.05) is 23.7 Å². The van der Waals surface area contributed by atoms with Gasteiger partial charge in [0.25, 0.3) is 5.91 Å². The Balaban J connectivity index is 1.85. The molecule has 2 aromatic carbocycles. The van der Waals surface area contributed by atoms with Gasteiger partial charge in [-0.2, -0.15) is 4.99 Å². The Hall–Kier alpha value is -1.71. The zero-order valence-corrected chi connectivity index (χ0v) is 18.1. The molecule has 2 aromatic rings. The number of benzene rings is 2. The lowest BCUT2D eigenvalue weighted by atomic mass is 10.2. The number of amides is 1. The van der Waals surface area contributed by atoms with Gasteiger partial charge >= 0.3 is 0 Å². The number of rotatable bonds is 6. The van der Waals surface area contributed by atoms with E-state index in [4.69, 9.17) is 26.8 Å². The number of hydrogen-bond acceptors (Lipinski definition) is 5. The maximum Gasteiger partial charge on any atom is 0.286 e. The predicted molar refractivity (Wildman–Crippen MR) is 118 cm³/mol. The summed E-state index contributed by atoms with van der Waals surface area (Å²) in [5.74, 6) is 0.957. The Labute approximate surface area is 180 Å². The van der Waals surface area contributed by atoms with Crippen molar-refractivity contribution in [2.45, 2.75) is 13.5 Å². The Morgan fingerprint density at radius 2 is 2.00 bits per heavy atom. The minimum Gasteiger partial charge on any atom is -0.490 e. The maximum absolute atomic E-state index is 11.8. The van der Waals surface area contributed by atoms with Crippen molar-refractivity contribution >= 4 is 63.1 Å². The number of carbonyl (C=O) groups is 1. The fraction of sp³-hybridized carbons (Fsp3) is 0.158. The molecule has 5 nitrogen and oxygen atoms in total. The summed E-state index contributed by atoms with van der Waals surface area (Å²) in [7, 11) is 0. The highest BCUT2D eigenvalue weighted by Gasteiger charge is 2.20. The highest BCUT2D eigenvalue weighted by atomic mass is 127. The topological polar surface area (TPSA) is 73.9 Å². The van der Waals surface area contributed by atoms with E-state index in [9.17, 15) is 4.79 Å². The average Bonchev–Trinajstić information content (AvgIpc) is 2.93. The molecule has 1 amide bonds. The van der Waals surface area contributed by atoms with Gasteiger partial charge in [0.2, 0.25) is 0 Å². The minimum absolute atomic E-state index is 0.258. The first kappa shape index (κ1) is 20.0. The summed E-state index contributed by atoms with van der Waals surface area (Å²) in [6, 6.07) is 11.3. The highest BCUT2D eigenvalue weighted by Crippen LogP contribution is 2.36. The molecule has 0 spiro atoms. The van der Waals surface area contributed by atoms with Gasteiger partial charge in [0.15, 0.2) is 16.7 Å². The number of amidine groups is 1. The molecular weight excluding hydrogens is 499 g/mol. The van der Waals surface area contributed by atoms with Gasteiger partial charge in [-0.25, -0.2) is 0 Å². The van der Waals surface area contributed by atoms with E-state index in [1.165, 1.54) is 0 Å². The van der Waals surface area contributed by atoms with Gasteiger partial charge in [-0.15, -0.1) is 0 Å². The van der Waals surface area contributed by atoms with Crippen molar-refractivity contribution in [3.8, 4) is 11.5 Å². The fourth-order valence-corrected chi connectivity index (χ4v) is 3.98. The smallest absolute Gasteiger partial charge is 0.286 e. The van der Waals surface area contributed by atoms with E-state index in [2.05, 4.69) is 27.6 Å². The lowest BCUT2D eigenvalue weighted by molar-refractivity contribution is -0.113. The fourth-order valence-electron chi connectivity index (χ4n) is 2.39. The van der Waals surface area contributed by atoms with E-state index in [0.29, 0.717) is 34.6 Å². The molecule has 0 saturated carbocycles. The van der Waals surface area contributed by atoms with Gasteiger partial charge in [0.1, 0.15) is 6.61 Å². The molecule has 3 rings (SSSR count). The van der Waals surface area contributed by atoms with E-state index in [-0.39, 0.29) is 11.1 Å².